The normalized spacial score (nSPS) is 17.1. The molecule has 0 radical (unpaired) electrons. The molecule has 1 aromatic rings. The second-order valence-electron chi connectivity index (χ2n) is 5.98. The number of pyridine rings is 1. The van der Waals surface area contributed by atoms with Crippen LogP contribution in [0.15, 0.2) is 22.9 Å². The summed E-state index contributed by atoms with van der Waals surface area (Å²) < 4.78 is 5.75. The third kappa shape index (κ3) is 5.26. The van der Waals surface area contributed by atoms with Gasteiger partial charge in [0.25, 0.3) is 5.91 Å². The van der Waals surface area contributed by atoms with Gasteiger partial charge in [-0.2, -0.15) is 0 Å². The Balaban J connectivity index is 1.94. The van der Waals surface area contributed by atoms with Crippen molar-refractivity contribution < 1.29 is 19.1 Å². The fourth-order valence-corrected chi connectivity index (χ4v) is 3.14. The molecule has 0 saturated carbocycles. The number of carbonyl (C=O) groups excluding carboxylic acids is 3. The molecule has 7 nitrogen and oxygen atoms in total. The molecule has 0 aromatic carbocycles. The number of hydrogen-bond donors (Lipinski definition) is 0. The van der Waals surface area contributed by atoms with Crippen molar-refractivity contribution in [1.82, 2.24) is 14.8 Å². The molecule has 0 bridgehead atoms. The Labute approximate surface area is 155 Å². The number of rotatable bonds is 5. The predicted octanol–water partition coefficient (Wildman–Crippen LogP) is 1.72. The molecule has 1 unspecified atom stereocenters. The van der Waals surface area contributed by atoms with Crippen LogP contribution in [0.5, 0.6) is 0 Å². The number of carbonyl (C=O) groups is 3. The topological polar surface area (TPSA) is 79.8 Å². The number of nitrogens with zero attached hydrogens (tertiary/aromatic N) is 3. The highest BCUT2D eigenvalue weighted by Crippen LogP contribution is 2.18. The summed E-state index contributed by atoms with van der Waals surface area (Å²) >= 11 is 3.27. The van der Waals surface area contributed by atoms with E-state index in [0.717, 1.165) is 12.8 Å². The Morgan fingerprint density at radius 3 is 2.84 bits per heavy atom. The van der Waals surface area contributed by atoms with Crippen LogP contribution in [-0.4, -0.2) is 65.9 Å². The summed E-state index contributed by atoms with van der Waals surface area (Å²) in [5.74, 6) is -0.994. The van der Waals surface area contributed by atoms with Gasteiger partial charge >= 0.3 is 5.97 Å². The summed E-state index contributed by atoms with van der Waals surface area (Å²) in [7, 11) is 1.58. The van der Waals surface area contributed by atoms with Gasteiger partial charge in [0, 0.05) is 37.0 Å². The molecule has 136 valence electrons. The van der Waals surface area contributed by atoms with Crippen molar-refractivity contribution in [2.45, 2.75) is 19.8 Å². The molecule has 1 aromatic heterocycles. The third-order valence-electron chi connectivity index (χ3n) is 4.06. The Kier molecular flexibility index (Phi) is 6.92. The maximum atomic E-state index is 12.5. The van der Waals surface area contributed by atoms with E-state index in [9.17, 15) is 14.4 Å². The van der Waals surface area contributed by atoms with Crippen LogP contribution < -0.4 is 0 Å². The Morgan fingerprint density at radius 2 is 2.16 bits per heavy atom. The maximum Gasteiger partial charge on any atom is 0.310 e. The number of likely N-dealkylation sites (tertiary alicyclic amines) is 1. The van der Waals surface area contributed by atoms with Crippen LogP contribution in [0.25, 0.3) is 0 Å². The lowest BCUT2D eigenvalue weighted by atomic mass is 9.98. The summed E-state index contributed by atoms with van der Waals surface area (Å²) in [4.78, 5) is 43.7. The van der Waals surface area contributed by atoms with Crippen molar-refractivity contribution in [3.05, 3.63) is 28.5 Å². The molecule has 2 amide bonds. The minimum absolute atomic E-state index is 0.0408. The van der Waals surface area contributed by atoms with Gasteiger partial charge in [0.15, 0.2) is 0 Å². The molecular formula is C17H22BrN3O4. The molecule has 1 saturated heterocycles. The van der Waals surface area contributed by atoms with E-state index in [1.165, 1.54) is 11.1 Å². The molecule has 0 spiro atoms. The van der Waals surface area contributed by atoms with Crippen molar-refractivity contribution in [1.29, 1.82) is 0 Å². The van der Waals surface area contributed by atoms with Crippen LogP contribution in [0.2, 0.25) is 0 Å². The number of likely N-dealkylation sites (N-methyl/N-ethyl adjacent to an activating group) is 1. The largest absolute Gasteiger partial charge is 0.466 e. The third-order valence-corrected chi connectivity index (χ3v) is 4.50. The SMILES string of the molecule is CCOC(=O)C1CCCN(C(=O)CN(C)C(=O)c2cncc(Br)c2)C1. The lowest BCUT2D eigenvalue weighted by Crippen LogP contribution is -2.47. The highest BCUT2D eigenvalue weighted by molar-refractivity contribution is 9.10. The zero-order valence-electron chi connectivity index (χ0n) is 14.4. The van der Waals surface area contributed by atoms with Crippen molar-refractivity contribution in [2.75, 3.05) is 33.3 Å². The van der Waals surface area contributed by atoms with E-state index >= 15 is 0 Å². The van der Waals surface area contributed by atoms with Crippen LogP contribution in [0, 0.1) is 5.92 Å². The predicted molar refractivity (Wildman–Crippen MR) is 94.8 cm³/mol. The number of esters is 1. The first-order valence-electron chi connectivity index (χ1n) is 8.22. The zero-order valence-corrected chi connectivity index (χ0v) is 16.0. The average Bonchev–Trinajstić information content (AvgIpc) is 2.61. The molecule has 1 aliphatic heterocycles. The summed E-state index contributed by atoms with van der Waals surface area (Å²) in [6, 6.07) is 1.66. The van der Waals surface area contributed by atoms with Gasteiger partial charge in [-0.1, -0.05) is 0 Å². The standard InChI is InChI=1S/C17H22BrN3O4/c1-3-25-17(24)12-5-4-6-21(10-12)15(22)11-20(2)16(23)13-7-14(18)9-19-8-13/h7-9,12H,3-6,10-11H2,1-2H3. The molecule has 0 aliphatic carbocycles. The van der Waals surface area contributed by atoms with E-state index < -0.39 is 0 Å². The fourth-order valence-electron chi connectivity index (χ4n) is 2.78. The van der Waals surface area contributed by atoms with E-state index in [0.29, 0.717) is 29.7 Å². The average molecular weight is 412 g/mol. The number of amides is 2. The lowest BCUT2D eigenvalue weighted by molar-refractivity contribution is -0.151. The zero-order chi connectivity index (χ0) is 18.4. The van der Waals surface area contributed by atoms with Gasteiger partial charge in [-0.05, 0) is 41.8 Å². The van der Waals surface area contributed by atoms with Gasteiger partial charge in [0.1, 0.15) is 0 Å². The van der Waals surface area contributed by atoms with Gasteiger partial charge in [-0.25, -0.2) is 0 Å². The second-order valence-corrected chi connectivity index (χ2v) is 6.90. The van der Waals surface area contributed by atoms with E-state index in [1.54, 1.807) is 31.1 Å². The molecular weight excluding hydrogens is 390 g/mol. The quantitative estimate of drug-likeness (QED) is 0.689. The lowest BCUT2D eigenvalue weighted by Gasteiger charge is -2.32. The summed E-state index contributed by atoms with van der Waals surface area (Å²) in [5, 5.41) is 0. The van der Waals surface area contributed by atoms with Gasteiger partial charge in [-0.15, -0.1) is 0 Å². The van der Waals surface area contributed by atoms with E-state index in [4.69, 9.17) is 4.74 Å². The van der Waals surface area contributed by atoms with Gasteiger partial charge in [-0.3, -0.25) is 19.4 Å². The van der Waals surface area contributed by atoms with Crippen molar-refractivity contribution in [2.24, 2.45) is 5.92 Å². The van der Waals surface area contributed by atoms with Gasteiger partial charge in [0.05, 0.1) is 24.6 Å². The Bertz CT molecular complexity index is 653. The van der Waals surface area contributed by atoms with Crippen molar-refractivity contribution >= 4 is 33.7 Å². The van der Waals surface area contributed by atoms with Crippen molar-refractivity contribution in [3.8, 4) is 0 Å². The van der Waals surface area contributed by atoms with Gasteiger partial charge < -0.3 is 14.5 Å². The van der Waals surface area contributed by atoms with Gasteiger partial charge in [0.2, 0.25) is 5.91 Å². The molecule has 1 atom stereocenters. The number of piperidine rings is 1. The number of aromatic nitrogens is 1. The number of ether oxygens (including phenoxy) is 1. The summed E-state index contributed by atoms with van der Waals surface area (Å²) in [5.41, 5.74) is 0.410. The molecule has 1 fully saturated rings. The van der Waals surface area contributed by atoms with Crippen LogP contribution >= 0.6 is 15.9 Å². The van der Waals surface area contributed by atoms with Crippen LogP contribution in [-0.2, 0) is 14.3 Å². The molecule has 2 rings (SSSR count). The first-order valence-corrected chi connectivity index (χ1v) is 9.02. The summed E-state index contributed by atoms with van der Waals surface area (Å²) in [6.45, 7) is 3.00. The fraction of sp³-hybridized carbons (Fsp3) is 0.529. The van der Waals surface area contributed by atoms with Crippen LogP contribution in [0.3, 0.4) is 0 Å². The Morgan fingerprint density at radius 1 is 1.40 bits per heavy atom. The molecule has 8 heteroatoms. The minimum Gasteiger partial charge on any atom is -0.466 e. The van der Waals surface area contributed by atoms with Crippen molar-refractivity contribution in [3.63, 3.8) is 0 Å². The number of hydrogen-bond acceptors (Lipinski definition) is 5. The summed E-state index contributed by atoms with van der Waals surface area (Å²) in [6.07, 6.45) is 4.53. The second kappa shape index (κ2) is 8.94. The monoisotopic (exact) mass is 411 g/mol. The highest BCUT2D eigenvalue weighted by Gasteiger charge is 2.30. The number of halogens is 1. The minimum atomic E-state index is -0.284. The maximum absolute atomic E-state index is 12.5. The highest BCUT2D eigenvalue weighted by atomic mass is 79.9. The molecule has 1 aliphatic rings. The van der Waals surface area contributed by atoms with E-state index in [-0.39, 0.29) is 30.2 Å². The smallest absolute Gasteiger partial charge is 0.310 e. The first kappa shape index (κ1) is 19.4. The molecule has 25 heavy (non-hydrogen) atoms. The first-order chi connectivity index (χ1) is 11.9. The van der Waals surface area contributed by atoms with E-state index in [1.807, 2.05) is 0 Å². The van der Waals surface area contributed by atoms with E-state index in [2.05, 4.69) is 20.9 Å². The molecule has 2 heterocycles. The van der Waals surface area contributed by atoms with Crippen LogP contribution in [0.4, 0.5) is 0 Å². The Hall–Kier alpha value is -1.96. The molecule has 0 N–H and O–H groups in total. The van der Waals surface area contributed by atoms with Crippen LogP contribution in [0.1, 0.15) is 30.1 Å².